The molecule has 2 N–H and O–H groups in total. The average molecular weight is 297 g/mol. The van der Waals surface area contributed by atoms with Crippen molar-refractivity contribution in [1.29, 1.82) is 0 Å². The number of aliphatic hydroxyl groups is 1. The summed E-state index contributed by atoms with van der Waals surface area (Å²) < 4.78 is 5.59. The van der Waals surface area contributed by atoms with Crippen LogP contribution in [-0.4, -0.2) is 52.4 Å². The Kier molecular flexibility index (Phi) is 7.74. The summed E-state index contributed by atoms with van der Waals surface area (Å²) in [4.78, 5) is 15.0. The normalized spacial score (nSPS) is 10.8. The van der Waals surface area contributed by atoms with Crippen molar-refractivity contribution in [3.63, 3.8) is 0 Å². The van der Waals surface area contributed by atoms with Gasteiger partial charge < -0.3 is 20.1 Å². The number of anilines is 2. The van der Waals surface area contributed by atoms with Crippen molar-refractivity contribution in [2.45, 2.75) is 46.6 Å². The summed E-state index contributed by atoms with van der Waals surface area (Å²) in [7, 11) is 0. The number of ether oxygens (including phenoxy) is 1. The third-order valence-corrected chi connectivity index (χ3v) is 2.62. The van der Waals surface area contributed by atoms with E-state index in [2.05, 4.69) is 34.1 Å². The van der Waals surface area contributed by atoms with Crippen LogP contribution in [0.25, 0.3) is 0 Å². The highest BCUT2D eigenvalue weighted by atomic mass is 16.5. The Morgan fingerprint density at radius 3 is 2.48 bits per heavy atom. The second-order valence-corrected chi connectivity index (χ2v) is 5.05. The predicted octanol–water partition coefficient (Wildman–Crippen LogP) is 1.69. The van der Waals surface area contributed by atoms with E-state index in [1.807, 2.05) is 18.7 Å². The van der Waals surface area contributed by atoms with Gasteiger partial charge in [-0.1, -0.05) is 13.8 Å². The van der Waals surface area contributed by atoms with E-state index < -0.39 is 0 Å². The minimum atomic E-state index is -0.00302. The molecule has 0 aliphatic heterocycles. The molecule has 1 aromatic heterocycles. The molecule has 0 bridgehead atoms. The largest absolute Gasteiger partial charge is 0.461 e. The molecule has 1 rings (SSSR count). The predicted molar refractivity (Wildman–Crippen MR) is 84.0 cm³/mol. The molecule has 0 radical (unpaired) electrons. The van der Waals surface area contributed by atoms with Gasteiger partial charge in [0.15, 0.2) is 0 Å². The van der Waals surface area contributed by atoms with Gasteiger partial charge in [-0.2, -0.15) is 15.0 Å². The number of hydrogen-bond acceptors (Lipinski definition) is 7. The van der Waals surface area contributed by atoms with Gasteiger partial charge in [-0.3, -0.25) is 0 Å². The van der Waals surface area contributed by atoms with Gasteiger partial charge in [0, 0.05) is 19.6 Å². The molecule has 0 aromatic carbocycles. The molecular weight excluding hydrogens is 270 g/mol. The lowest BCUT2D eigenvalue weighted by molar-refractivity contribution is 0.221. The molecule has 0 aliphatic carbocycles. The lowest BCUT2D eigenvalue weighted by Crippen LogP contribution is -2.30. The van der Waals surface area contributed by atoms with E-state index in [0.717, 1.165) is 25.9 Å². The number of nitrogens with zero attached hydrogens (tertiary/aromatic N) is 4. The van der Waals surface area contributed by atoms with Crippen LogP contribution in [-0.2, 0) is 0 Å². The van der Waals surface area contributed by atoms with Crippen molar-refractivity contribution in [2.75, 3.05) is 36.5 Å². The Bertz CT molecular complexity index is 408. The van der Waals surface area contributed by atoms with Crippen molar-refractivity contribution >= 4 is 11.9 Å². The fraction of sp³-hybridized carbons (Fsp3) is 0.786. The molecule has 7 nitrogen and oxygen atoms in total. The summed E-state index contributed by atoms with van der Waals surface area (Å²) in [5, 5.41) is 12.3. The molecule has 1 heterocycles. The minimum absolute atomic E-state index is 0.00302. The maximum absolute atomic E-state index is 9.19. The van der Waals surface area contributed by atoms with Gasteiger partial charge >= 0.3 is 6.01 Å². The van der Waals surface area contributed by atoms with Gasteiger partial charge in [-0.05, 0) is 26.7 Å². The van der Waals surface area contributed by atoms with Crippen LogP contribution in [0.4, 0.5) is 11.9 Å². The average Bonchev–Trinajstić information content (AvgIpc) is 2.44. The van der Waals surface area contributed by atoms with Crippen LogP contribution >= 0.6 is 0 Å². The van der Waals surface area contributed by atoms with Crippen LogP contribution in [0.1, 0.15) is 40.5 Å². The molecule has 21 heavy (non-hydrogen) atoms. The first-order chi connectivity index (χ1) is 10.1. The zero-order valence-corrected chi connectivity index (χ0v) is 13.5. The molecule has 0 saturated heterocycles. The van der Waals surface area contributed by atoms with E-state index in [0.29, 0.717) is 24.5 Å². The monoisotopic (exact) mass is 297 g/mol. The molecule has 0 atom stereocenters. The minimum Gasteiger partial charge on any atom is -0.461 e. The third kappa shape index (κ3) is 6.12. The number of rotatable bonds is 10. The standard InChI is InChI=1S/C14H27N5O2/c1-5-7-15-12-16-13(19(8-6-2)9-10-20)18-14(17-12)21-11(3)4/h11,20H,5-10H2,1-4H3,(H,15,16,17,18). The fourth-order valence-corrected chi connectivity index (χ4v) is 1.77. The van der Waals surface area contributed by atoms with E-state index in [1.165, 1.54) is 0 Å². The maximum Gasteiger partial charge on any atom is 0.323 e. The molecule has 0 saturated carbocycles. The lowest BCUT2D eigenvalue weighted by Gasteiger charge is -2.22. The maximum atomic E-state index is 9.19. The molecule has 0 spiro atoms. The zero-order chi connectivity index (χ0) is 15.7. The van der Waals surface area contributed by atoms with Crippen LogP contribution < -0.4 is 15.0 Å². The number of nitrogens with one attached hydrogen (secondary N) is 1. The smallest absolute Gasteiger partial charge is 0.323 e. The van der Waals surface area contributed by atoms with Crippen molar-refractivity contribution < 1.29 is 9.84 Å². The Balaban J connectivity index is 3.02. The van der Waals surface area contributed by atoms with Gasteiger partial charge in [0.25, 0.3) is 0 Å². The molecule has 0 fully saturated rings. The Morgan fingerprint density at radius 2 is 1.90 bits per heavy atom. The zero-order valence-electron chi connectivity index (χ0n) is 13.5. The highest BCUT2D eigenvalue weighted by Crippen LogP contribution is 2.16. The van der Waals surface area contributed by atoms with Crippen molar-refractivity contribution in [2.24, 2.45) is 0 Å². The molecule has 0 aliphatic rings. The SMILES string of the molecule is CCCNc1nc(OC(C)C)nc(N(CCC)CCO)n1. The summed E-state index contributed by atoms with van der Waals surface area (Å²) in [6, 6.07) is 0.313. The highest BCUT2D eigenvalue weighted by Gasteiger charge is 2.14. The molecule has 120 valence electrons. The van der Waals surface area contributed by atoms with Crippen molar-refractivity contribution in [3.8, 4) is 6.01 Å². The van der Waals surface area contributed by atoms with Crippen LogP contribution in [0.15, 0.2) is 0 Å². The lowest BCUT2D eigenvalue weighted by atomic mass is 10.4. The van der Waals surface area contributed by atoms with Crippen LogP contribution in [0.5, 0.6) is 6.01 Å². The molecule has 0 unspecified atom stereocenters. The van der Waals surface area contributed by atoms with E-state index in [-0.39, 0.29) is 12.7 Å². The van der Waals surface area contributed by atoms with E-state index >= 15 is 0 Å². The summed E-state index contributed by atoms with van der Waals surface area (Å²) in [5.41, 5.74) is 0. The first-order valence-electron chi connectivity index (χ1n) is 7.63. The summed E-state index contributed by atoms with van der Waals surface area (Å²) >= 11 is 0. The molecule has 1 aromatic rings. The van der Waals surface area contributed by atoms with Crippen molar-refractivity contribution in [3.05, 3.63) is 0 Å². The number of hydrogen-bond donors (Lipinski definition) is 2. The topological polar surface area (TPSA) is 83.4 Å². The van der Waals surface area contributed by atoms with E-state index in [1.54, 1.807) is 0 Å². The second-order valence-electron chi connectivity index (χ2n) is 5.05. The third-order valence-electron chi connectivity index (χ3n) is 2.62. The Labute approximate surface area is 126 Å². The highest BCUT2D eigenvalue weighted by molar-refractivity contribution is 5.38. The van der Waals surface area contributed by atoms with Gasteiger partial charge in [0.1, 0.15) is 0 Å². The van der Waals surface area contributed by atoms with Gasteiger partial charge in [0.05, 0.1) is 12.7 Å². The van der Waals surface area contributed by atoms with Crippen LogP contribution in [0, 0.1) is 0 Å². The first kappa shape index (κ1) is 17.4. The second kappa shape index (κ2) is 9.33. The summed E-state index contributed by atoms with van der Waals surface area (Å²) in [5.74, 6) is 1.05. The fourth-order valence-electron chi connectivity index (χ4n) is 1.77. The van der Waals surface area contributed by atoms with Crippen LogP contribution in [0.2, 0.25) is 0 Å². The Morgan fingerprint density at radius 1 is 1.14 bits per heavy atom. The van der Waals surface area contributed by atoms with Gasteiger partial charge in [-0.25, -0.2) is 0 Å². The van der Waals surface area contributed by atoms with Gasteiger partial charge in [0.2, 0.25) is 11.9 Å². The summed E-state index contributed by atoms with van der Waals surface area (Å²) in [6.45, 7) is 10.1. The van der Waals surface area contributed by atoms with Crippen LogP contribution in [0.3, 0.4) is 0 Å². The van der Waals surface area contributed by atoms with E-state index in [9.17, 15) is 5.11 Å². The van der Waals surface area contributed by atoms with Gasteiger partial charge in [-0.15, -0.1) is 0 Å². The summed E-state index contributed by atoms with van der Waals surface area (Å²) in [6.07, 6.45) is 1.93. The number of aliphatic hydroxyl groups excluding tert-OH is 1. The quantitative estimate of drug-likeness (QED) is 0.680. The molecular formula is C14H27N5O2. The molecule has 7 heteroatoms. The van der Waals surface area contributed by atoms with E-state index in [4.69, 9.17) is 4.74 Å². The first-order valence-corrected chi connectivity index (χ1v) is 7.63. The molecule has 0 amide bonds. The number of aromatic nitrogens is 3. The Hall–Kier alpha value is -1.63. The van der Waals surface area contributed by atoms with Crippen molar-refractivity contribution in [1.82, 2.24) is 15.0 Å².